The van der Waals surface area contributed by atoms with Gasteiger partial charge in [-0.15, -0.1) is 0 Å². The molecule has 2 heterocycles. The molecule has 3 nitrogen and oxygen atoms in total. The van der Waals surface area contributed by atoms with Crippen molar-refractivity contribution < 1.29 is 4.42 Å². The number of rotatable bonds is 5. The summed E-state index contributed by atoms with van der Waals surface area (Å²) in [6, 6.07) is 69.7. The monoisotopic (exact) mass is 676 g/mol. The van der Waals surface area contributed by atoms with Crippen molar-refractivity contribution in [2.75, 3.05) is 4.90 Å². The standard InChI is InChI=1S/C50H32N2O/c1-3-15-33(16-4-1)37-28-30-46(40-22-10-9-21-39(37)40)52-45-25-13-11-23-41(45)43-32-36(27-29-47(43)52)51(35-18-5-2-6-19-35)49-38-20-8-7-17-34(38)31-44-42-24-12-14-26-48(42)53-50(44)49/h1-32H. The van der Waals surface area contributed by atoms with Gasteiger partial charge in [0, 0.05) is 43.7 Å². The number of aromatic nitrogens is 1. The number of benzene rings is 9. The summed E-state index contributed by atoms with van der Waals surface area (Å²) in [5, 5.41) is 9.39. The fourth-order valence-electron chi connectivity index (χ4n) is 8.41. The van der Waals surface area contributed by atoms with Gasteiger partial charge in [-0.3, -0.25) is 0 Å². The molecule has 53 heavy (non-hydrogen) atoms. The van der Waals surface area contributed by atoms with E-state index in [4.69, 9.17) is 4.42 Å². The Hall–Kier alpha value is -7.10. The van der Waals surface area contributed by atoms with E-state index in [9.17, 15) is 0 Å². The number of fused-ring (bicyclic) bond motifs is 8. The minimum atomic E-state index is 0.876. The van der Waals surface area contributed by atoms with Crippen molar-refractivity contribution in [1.82, 2.24) is 4.57 Å². The second-order valence-electron chi connectivity index (χ2n) is 13.7. The van der Waals surface area contributed by atoms with Crippen LogP contribution in [-0.2, 0) is 0 Å². The molecule has 0 amide bonds. The number of hydrogen-bond acceptors (Lipinski definition) is 2. The van der Waals surface area contributed by atoms with E-state index in [1.807, 2.05) is 6.07 Å². The van der Waals surface area contributed by atoms with Crippen molar-refractivity contribution >= 4 is 82.4 Å². The van der Waals surface area contributed by atoms with E-state index in [0.29, 0.717) is 0 Å². The maximum atomic E-state index is 6.77. The Morgan fingerprint density at radius 3 is 1.87 bits per heavy atom. The number of anilines is 3. The van der Waals surface area contributed by atoms with Crippen molar-refractivity contribution in [1.29, 1.82) is 0 Å². The quantitative estimate of drug-likeness (QED) is 0.181. The van der Waals surface area contributed by atoms with E-state index < -0.39 is 0 Å². The van der Waals surface area contributed by atoms with Crippen LogP contribution in [0.15, 0.2) is 199 Å². The Bertz CT molecular complexity index is 3170. The van der Waals surface area contributed by atoms with Gasteiger partial charge in [-0.25, -0.2) is 0 Å². The molecule has 0 unspecified atom stereocenters. The summed E-state index contributed by atoms with van der Waals surface area (Å²) in [5.74, 6) is 0. The predicted molar refractivity (Wildman–Crippen MR) is 223 cm³/mol. The van der Waals surface area contributed by atoms with Crippen molar-refractivity contribution in [3.05, 3.63) is 194 Å². The Morgan fingerprint density at radius 1 is 0.396 bits per heavy atom. The van der Waals surface area contributed by atoms with Crippen LogP contribution in [0.4, 0.5) is 17.1 Å². The molecule has 0 aliphatic rings. The second-order valence-corrected chi connectivity index (χ2v) is 13.7. The highest BCUT2D eigenvalue weighted by molar-refractivity contribution is 6.20. The van der Waals surface area contributed by atoms with E-state index in [-0.39, 0.29) is 0 Å². The normalized spacial score (nSPS) is 11.8. The average Bonchev–Trinajstić information content (AvgIpc) is 3.76. The van der Waals surface area contributed by atoms with Crippen LogP contribution in [0.25, 0.3) is 82.1 Å². The molecule has 0 atom stereocenters. The van der Waals surface area contributed by atoms with Crippen LogP contribution in [0.5, 0.6) is 0 Å². The first-order valence-corrected chi connectivity index (χ1v) is 18.1. The summed E-state index contributed by atoms with van der Waals surface area (Å²) in [4.78, 5) is 2.38. The average molecular weight is 677 g/mol. The molecule has 0 N–H and O–H groups in total. The summed E-state index contributed by atoms with van der Waals surface area (Å²) in [6.45, 7) is 0. The summed E-state index contributed by atoms with van der Waals surface area (Å²) >= 11 is 0. The molecule has 0 saturated carbocycles. The van der Waals surface area contributed by atoms with Gasteiger partial charge < -0.3 is 13.9 Å². The maximum Gasteiger partial charge on any atom is 0.160 e. The molecule has 2 aromatic heterocycles. The molecule has 0 fully saturated rings. The lowest BCUT2D eigenvalue weighted by molar-refractivity contribution is 0.669. The van der Waals surface area contributed by atoms with E-state index in [1.54, 1.807) is 0 Å². The van der Waals surface area contributed by atoms with Crippen molar-refractivity contribution in [3.8, 4) is 16.8 Å². The van der Waals surface area contributed by atoms with E-state index in [0.717, 1.165) is 55.6 Å². The van der Waals surface area contributed by atoms with E-state index in [1.165, 1.54) is 43.6 Å². The van der Waals surface area contributed by atoms with Gasteiger partial charge in [-0.1, -0.05) is 140 Å². The zero-order chi connectivity index (χ0) is 34.9. The molecule has 11 aromatic rings. The lowest BCUT2D eigenvalue weighted by Crippen LogP contribution is -2.11. The Balaban J connectivity index is 1.19. The summed E-state index contributed by atoms with van der Waals surface area (Å²) < 4.78 is 9.21. The molecule has 248 valence electrons. The maximum absolute atomic E-state index is 6.77. The lowest BCUT2D eigenvalue weighted by Gasteiger charge is -2.27. The highest BCUT2D eigenvalue weighted by Crippen LogP contribution is 2.48. The van der Waals surface area contributed by atoms with Crippen LogP contribution >= 0.6 is 0 Å². The highest BCUT2D eigenvalue weighted by Gasteiger charge is 2.24. The Kier molecular flexibility index (Phi) is 6.55. The summed E-state index contributed by atoms with van der Waals surface area (Å²) in [7, 11) is 0. The zero-order valence-corrected chi connectivity index (χ0v) is 28.8. The zero-order valence-electron chi connectivity index (χ0n) is 28.8. The van der Waals surface area contributed by atoms with Gasteiger partial charge >= 0.3 is 0 Å². The largest absolute Gasteiger partial charge is 0.454 e. The van der Waals surface area contributed by atoms with Crippen molar-refractivity contribution in [2.45, 2.75) is 0 Å². The van der Waals surface area contributed by atoms with Crippen LogP contribution in [0.2, 0.25) is 0 Å². The van der Waals surface area contributed by atoms with Crippen LogP contribution in [-0.4, -0.2) is 4.57 Å². The highest BCUT2D eigenvalue weighted by atomic mass is 16.3. The first-order chi connectivity index (χ1) is 26.3. The van der Waals surface area contributed by atoms with Crippen LogP contribution in [0, 0.1) is 0 Å². The summed E-state index contributed by atoms with van der Waals surface area (Å²) in [6.07, 6.45) is 0. The first-order valence-electron chi connectivity index (χ1n) is 18.1. The molecular weight excluding hydrogens is 645 g/mol. The Morgan fingerprint density at radius 2 is 1.04 bits per heavy atom. The molecule has 0 bridgehead atoms. The molecule has 0 saturated heterocycles. The Labute approximate surface area is 306 Å². The van der Waals surface area contributed by atoms with E-state index >= 15 is 0 Å². The third-order valence-corrected chi connectivity index (χ3v) is 10.7. The number of furan rings is 1. The van der Waals surface area contributed by atoms with Gasteiger partial charge in [0.1, 0.15) is 5.58 Å². The van der Waals surface area contributed by atoms with Gasteiger partial charge in [0.05, 0.1) is 22.4 Å². The van der Waals surface area contributed by atoms with Gasteiger partial charge in [-0.2, -0.15) is 0 Å². The number of hydrogen-bond donors (Lipinski definition) is 0. The van der Waals surface area contributed by atoms with Gasteiger partial charge in [-0.05, 0) is 76.5 Å². The topological polar surface area (TPSA) is 21.3 Å². The van der Waals surface area contributed by atoms with Crippen LogP contribution < -0.4 is 4.90 Å². The van der Waals surface area contributed by atoms with Crippen LogP contribution in [0.1, 0.15) is 0 Å². The number of para-hydroxylation sites is 3. The molecule has 0 radical (unpaired) electrons. The first kappa shape index (κ1) is 29.6. The summed E-state index contributed by atoms with van der Waals surface area (Å²) in [5.41, 5.74) is 10.9. The van der Waals surface area contributed by atoms with Gasteiger partial charge in [0.2, 0.25) is 0 Å². The minimum absolute atomic E-state index is 0.876. The predicted octanol–water partition coefficient (Wildman–Crippen LogP) is 14.1. The van der Waals surface area contributed by atoms with Crippen molar-refractivity contribution in [2.24, 2.45) is 0 Å². The molecule has 3 heteroatoms. The molecule has 0 aliphatic heterocycles. The molecule has 0 spiro atoms. The SMILES string of the molecule is c1ccc(-c2ccc(-n3c4ccccc4c4cc(N(c5ccccc5)c5c6ccccc6cc6c5oc5ccccc56)ccc43)c3ccccc23)cc1. The van der Waals surface area contributed by atoms with Crippen LogP contribution in [0.3, 0.4) is 0 Å². The van der Waals surface area contributed by atoms with Gasteiger partial charge in [0.15, 0.2) is 5.58 Å². The lowest BCUT2D eigenvalue weighted by atomic mass is 9.97. The fourth-order valence-corrected chi connectivity index (χ4v) is 8.41. The van der Waals surface area contributed by atoms with Gasteiger partial charge in [0.25, 0.3) is 0 Å². The molecule has 11 rings (SSSR count). The third kappa shape index (κ3) is 4.54. The second kappa shape index (κ2) is 11.7. The van der Waals surface area contributed by atoms with Crippen molar-refractivity contribution in [3.63, 3.8) is 0 Å². The van der Waals surface area contributed by atoms with E-state index in [2.05, 4.69) is 198 Å². The number of nitrogens with zero attached hydrogens (tertiary/aromatic N) is 2. The molecule has 0 aliphatic carbocycles. The molecular formula is C50H32N2O. The fraction of sp³-hybridized carbons (Fsp3) is 0. The minimum Gasteiger partial charge on any atom is -0.454 e. The molecule has 9 aromatic carbocycles. The third-order valence-electron chi connectivity index (χ3n) is 10.7. The smallest absolute Gasteiger partial charge is 0.160 e.